The average molecular weight is 602 g/mol. The number of carbonyl (C=O) groups is 2. The second-order valence-electron chi connectivity index (χ2n) is 11.9. The third-order valence-corrected chi connectivity index (χ3v) is 7.60. The number of nitrogens with zero attached hydrogens (tertiary/aromatic N) is 3. The summed E-state index contributed by atoms with van der Waals surface area (Å²) in [5.74, 6) is -2.22. The molecule has 0 fully saturated rings. The highest BCUT2D eigenvalue weighted by atomic mass is 19.1. The Bertz CT molecular complexity index is 1300. The highest BCUT2D eigenvalue weighted by molar-refractivity contribution is 5.96. The summed E-state index contributed by atoms with van der Waals surface area (Å²) < 4.78 is 34.1. The Hall–Kier alpha value is -3.44. The Labute approximate surface area is 252 Å². The van der Waals surface area contributed by atoms with E-state index in [1.54, 1.807) is 24.0 Å². The number of benzene rings is 1. The van der Waals surface area contributed by atoms with Crippen LogP contribution in [0, 0.1) is 28.9 Å². The number of hydrogen-bond donors (Lipinski definition) is 3. The maximum absolute atomic E-state index is 14.2. The molecule has 9 nitrogen and oxygen atoms in total. The van der Waals surface area contributed by atoms with E-state index < -0.39 is 35.0 Å². The molecule has 3 atom stereocenters. The minimum atomic E-state index is -1.51. The van der Waals surface area contributed by atoms with Crippen molar-refractivity contribution in [3.63, 3.8) is 0 Å². The first-order chi connectivity index (χ1) is 20.4. The predicted octanol–water partition coefficient (Wildman–Crippen LogP) is 4.25. The van der Waals surface area contributed by atoms with Crippen molar-refractivity contribution < 1.29 is 27.9 Å². The fraction of sp³-hybridized carbons (Fsp3) is 0.562. The second-order valence-corrected chi connectivity index (χ2v) is 11.9. The lowest BCUT2D eigenvalue weighted by Crippen LogP contribution is -2.51. The molecule has 43 heavy (non-hydrogen) atoms. The van der Waals surface area contributed by atoms with Gasteiger partial charge in [-0.15, -0.1) is 10.2 Å². The number of nitrogens with one attached hydrogen (secondary N) is 1. The number of allylic oxidation sites excluding steroid dienone is 2. The topological polar surface area (TPSA) is 135 Å². The lowest BCUT2D eigenvalue weighted by molar-refractivity contribution is -0.132. The first kappa shape index (κ1) is 34.1. The van der Waals surface area contributed by atoms with E-state index in [0.29, 0.717) is 48.4 Å². The van der Waals surface area contributed by atoms with E-state index in [2.05, 4.69) is 15.5 Å². The van der Waals surface area contributed by atoms with Gasteiger partial charge in [0.1, 0.15) is 11.6 Å². The van der Waals surface area contributed by atoms with Crippen LogP contribution in [0.4, 0.5) is 8.78 Å². The van der Waals surface area contributed by atoms with Gasteiger partial charge in [-0.3, -0.25) is 9.59 Å². The summed E-state index contributed by atoms with van der Waals surface area (Å²) in [5, 5.41) is 22.8. The van der Waals surface area contributed by atoms with Crippen molar-refractivity contribution >= 4 is 11.8 Å². The summed E-state index contributed by atoms with van der Waals surface area (Å²) in [6, 6.07) is 3.11. The lowest BCUT2D eigenvalue weighted by atomic mass is 9.63. The summed E-state index contributed by atoms with van der Waals surface area (Å²) >= 11 is 0. The minimum absolute atomic E-state index is 0.0168. The SMILES string of the molecule is CCCN(CCC)C(=O)C1=CC(C)=CC(C(N)=O)([C@H](Cc2cc(F)cc(F)c2)[C@@H](O)CNCc2nnc(CC(C)C)o2)C1. The summed E-state index contributed by atoms with van der Waals surface area (Å²) in [5.41, 5.74) is 5.87. The van der Waals surface area contributed by atoms with Crippen molar-refractivity contribution in [3.8, 4) is 0 Å². The monoisotopic (exact) mass is 601 g/mol. The molecule has 11 heteroatoms. The normalized spacial score (nSPS) is 18.3. The van der Waals surface area contributed by atoms with E-state index in [1.165, 1.54) is 12.1 Å². The van der Waals surface area contributed by atoms with Gasteiger partial charge in [0.05, 0.1) is 18.1 Å². The standard InChI is InChI=1S/C32H45F2N5O4/c1-6-8-39(9-7-2)30(41)23-11-21(5)16-32(17-23,31(35)42)26(14-22-12-24(33)15-25(34)13-22)27(40)18-36-19-29-38-37-28(43-29)10-20(3)4/h11-13,15-16,20,26-27,36,40H,6-10,14,17-19H2,1-5H3,(H2,35,42)/t26-,27+,32?/m1/s1. The molecule has 1 unspecified atom stereocenters. The molecule has 1 heterocycles. The van der Waals surface area contributed by atoms with Gasteiger partial charge in [-0.1, -0.05) is 45.4 Å². The zero-order valence-electron chi connectivity index (χ0n) is 25.8. The summed E-state index contributed by atoms with van der Waals surface area (Å²) in [6.07, 6.45) is 4.27. The van der Waals surface area contributed by atoms with Crippen LogP contribution in [0.2, 0.25) is 0 Å². The van der Waals surface area contributed by atoms with Gasteiger partial charge in [-0.25, -0.2) is 8.78 Å². The number of rotatable bonds is 16. The highest BCUT2D eigenvalue weighted by Crippen LogP contribution is 2.44. The molecule has 236 valence electrons. The van der Waals surface area contributed by atoms with E-state index in [-0.39, 0.29) is 37.4 Å². The van der Waals surface area contributed by atoms with Crippen LogP contribution in [0.25, 0.3) is 0 Å². The van der Waals surface area contributed by atoms with Gasteiger partial charge in [0, 0.05) is 43.6 Å². The van der Waals surface area contributed by atoms with E-state index >= 15 is 0 Å². The molecule has 0 spiro atoms. The van der Waals surface area contributed by atoms with Crippen molar-refractivity contribution in [3.05, 3.63) is 70.5 Å². The van der Waals surface area contributed by atoms with Crippen LogP contribution < -0.4 is 11.1 Å². The van der Waals surface area contributed by atoms with Gasteiger partial charge >= 0.3 is 0 Å². The zero-order chi connectivity index (χ0) is 31.7. The number of amides is 2. The number of aliphatic hydroxyl groups is 1. The van der Waals surface area contributed by atoms with Crippen LogP contribution in [0.15, 0.2) is 45.9 Å². The Morgan fingerprint density at radius 1 is 1.09 bits per heavy atom. The number of hydrogen-bond acceptors (Lipinski definition) is 7. The summed E-state index contributed by atoms with van der Waals surface area (Å²) in [4.78, 5) is 28.8. The molecule has 0 radical (unpaired) electrons. The maximum Gasteiger partial charge on any atom is 0.249 e. The maximum atomic E-state index is 14.2. The molecule has 2 amide bonds. The third kappa shape index (κ3) is 9.03. The van der Waals surface area contributed by atoms with Crippen LogP contribution in [-0.4, -0.2) is 57.8 Å². The Morgan fingerprint density at radius 2 is 1.72 bits per heavy atom. The molecule has 0 bridgehead atoms. The van der Waals surface area contributed by atoms with Crippen molar-refractivity contribution in [2.24, 2.45) is 23.0 Å². The van der Waals surface area contributed by atoms with E-state index in [4.69, 9.17) is 10.2 Å². The molecule has 1 aromatic carbocycles. The molecule has 4 N–H and O–H groups in total. The van der Waals surface area contributed by atoms with Crippen LogP contribution in [0.5, 0.6) is 0 Å². The van der Waals surface area contributed by atoms with Crippen molar-refractivity contribution in [1.29, 1.82) is 0 Å². The molecular formula is C32H45F2N5O4. The third-order valence-electron chi connectivity index (χ3n) is 7.60. The Morgan fingerprint density at radius 3 is 2.30 bits per heavy atom. The van der Waals surface area contributed by atoms with Crippen LogP contribution in [0.3, 0.4) is 0 Å². The molecule has 1 aromatic heterocycles. The van der Waals surface area contributed by atoms with Gasteiger partial charge in [-0.2, -0.15) is 0 Å². The number of primary amides is 1. The van der Waals surface area contributed by atoms with Crippen molar-refractivity contribution in [1.82, 2.24) is 20.4 Å². The quantitative estimate of drug-likeness (QED) is 0.262. The molecule has 0 aliphatic heterocycles. The van der Waals surface area contributed by atoms with Crippen molar-refractivity contribution in [2.45, 2.75) is 79.4 Å². The first-order valence-electron chi connectivity index (χ1n) is 15.0. The Kier molecular flexibility index (Phi) is 12.1. The van der Waals surface area contributed by atoms with Gasteiger partial charge in [0.2, 0.25) is 23.6 Å². The fourth-order valence-electron chi connectivity index (χ4n) is 5.82. The number of carbonyl (C=O) groups excluding carboxylic acids is 2. The number of aromatic nitrogens is 2. The second kappa shape index (κ2) is 15.3. The van der Waals surface area contributed by atoms with E-state index in [1.807, 2.05) is 27.7 Å². The van der Waals surface area contributed by atoms with E-state index in [9.17, 15) is 23.5 Å². The number of aliphatic hydroxyl groups excluding tert-OH is 1. The molecular weight excluding hydrogens is 556 g/mol. The van der Waals surface area contributed by atoms with Gasteiger partial charge in [0.25, 0.3) is 0 Å². The minimum Gasteiger partial charge on any atom is -0.424 e. The molecule has 3 rings (SSSR count). The highest BCUT2D eigenvalue weighted by Gasteiger charge is 2.48. The number of halogens is 2. The Balaban J connectivity index is 1.94. The fourth-order valence-corrected chi connectivity index (χ4v) is 5.82. The van der Waals surface area contributed by atoms with Gasteiger partial charge in [0.15, 0.2) is 0 Å². The lowest BCUT2D eigenvalue weighted by Gasteiger charge is -2.42. The van der Waals surface area contributed by atoms with E-state index in [0.717, 1.165) is 18.9 Å². The summed E-state index contributed by atoms with van der Waals surface area (Å²) in [7, 11) is 0. The first-order valence-corrected chi connectivity index (χ1v) is 15.0. The van der Waals surface area contributed by atoms with Gasteiger partial charge < -0.3 is 25.5 Å². The largest absolute Gasteiger partial charge is 0.424 e. The number of nitrogens with two attached hydrogens (primary N) is 1. The predicted molar refractivity (Wildman–Crippen MR) is 159 cm³/mol. The van der Waals surface area contributed by atoms with Crippen LogP contribution in [-0.2, 0) is 29.0 Å². The van der Waals surface area contributed by atoms with Crippen LogP contribution >= 0.6 is 0 Å². The summed E-state index contributed by atoms with van der Waals surface area (Å²) in [6.45, 7) is 11.1. The molecule has 0 saturated heterocycles. The zero-order valence-corrected chi connectivity index (χ0v) is 25.8. The molecule has 1 aliphatic rings. The molecule has 0 saturated carbocycles. The average Bonchev–Trinajstić information content (AvgIpc) is 3.36. The smallest absolute Gasteiger partial charge is 0.249 e. The van der Waals surface area contributed by atoms with Gasteiger partial charge in [-0.05, 0) is 56.2 Å². The molecule has 2 aromatic rings. The van der Waals surface area contributed by atoms with Crippen molar-refractivity contribution in [2.75, 3.05) is 19.6 Å². The molecule has 1 aliphatic carbocycles. The van der Waals surface area contributed by atoms with Crippen LogP contribution in [0.1, 0.15) is 71.2 Å².